The monoisotopic (exact) mass is 415 g/mol. The molecule has 7 nitrogen and oxygen atoms in total. The van der Waals surface area contributed by atoms with Crippen LogP contribution in [0.5, 0.6) is 11.6 Å². The first-order valence-corrected chi connectivity index (χ1v) is 11.4. The molecule has 1 aliphatic rings. The quantitative estimate of drug-likeness (QED) is 0.710. The highest BCUT2D eigenvalue weighted by molar-refractivity contribution is 7.93. The number of hydrogen-bond acceptors (Lipinski definition) is 6. The van der Waals surface area contributed by atoms with Gasteiger partial charge in [0, 0.05) is 30.3 Å². The van der Waals surface area contributed by atoms with Crippen molar-refractivity contribution in [2.45, 2.75) is 39.2 Å². The highest BCUT2D eigenvalue weighted by atomic mass is 32.2. The molecular weight excluding hydrogens is 390 g/mol. The first-order valence-electron chi connectivity index (χ1n) is 9.41. The number of rotatable bonds is 8. The number of ether oxygens (including phenoxy) is 1. The van der Waals surface area contributed by atoms with Crippen LogP contribution in [0.1, 0.15) is 42.9 Å². The van der Waals surface area contributed by atoms with Gasteiger partial charge in [-0.15, -0.1) is 0 Å². The number of amides is 1. The second-order valence-electron chi connectivity index (χ2n) is 7.83. The van der Waals surface area contributed by atoms with E-state index in [4.69, 9.17) is 4.74 Å². The van der Waals surface area contributed by atoms with Crippen LogP contribution in [0.3, 0.4) is 0 Å². The Labute approximate surface area is 171 Å². The highest BCUT2D eigenvalue weighted by Gasteiger charge is 2.38. The van der Waals surface area contributed by atoms with Gasteiger partial charge in [0.2, 0.25) is 5.88 Å². The smallest absolute Gasteiger partial charge is 0.258 e. The predicted molar refractivity (Wildman–Crippen MR) is 111 cm³/mol. The molecule has 1 aromatic carbocycles. The van der Waals surface area contributed by atoms with Crippen LogP contribution in [0, 0.1) is 5.41 Å². The number of aromatic nitrogens is 2. The Morgan fingerprint density at radius 1 is 1.31 bits per heavy atom. The Morgan fingerprint density at radius 3 is 2.62 bits per heavy atom. The summed E-state index contributed by atoms with van der Waals surface area (Å²) in [7, 11) is -3.27. The van der Waals surface area contributed by atoms with Crippen molar-refractivity contribution in [1.82, 2.24) is 15.3 Å². The Hall–Kier alpha value is -2.74. The van der Waals surface area contributed by atoms with Crippen molar-refractivity contribution in [2.24, 2.45) is 5.41 Å². The minimum absolute atomic E-state index is 0.183. The molecular formula is C21H25N3O4S. The summed E-state index contributed by atoms with van der Waals surface area (Å²) in [6, 6.07) is 8.61. The molecule has 1 fully saturated rings. The summed E-state index contributed by atoms with van der Waals surface area (Å²) < 4.78 is 28.4. The number of carbonyl (C=O) groups excluding carboxylic acids is 1. The fourth-order valence-corrected chi connectivity index (χ4v) is 3.21. The first-order chi connectivity index (χ1) is 13.6. The van der Waals surface area contributed by atoms with Crippen LogP contribution < -0.4 is 10.1 Å². The fourth-order valence-electron chi connectivity index (χ4n) is 2.68. The molecule has 0 unspecified atom stereocenters. The van der Waals surface area contributed by atoms with E-state index in [0.717, 1.165) is 30.9 Å². The molecule has 29 heavy (non-hydrogen) atoms. The van der Waals surface area contributed by atoms with Crippen LogP contribution in [0.15, 0.2) is 48.0 Å². The van der Waals surface area contributed by atoms with Gasteiger partial charge in [-0.1, -0.05) is 31.2 Å². The van der Waals surface area contributed by atoms with E-state index in [0.29, 0.717) is 11.6 Å². The lowest BCUT2D eigenvalue weighted by atomic mass is 10.1. The van der Waals surface area contributed by atoms with Gasteiger partial charge in [-0.05, 0) is 37.3 Å². The van der Waals surface area contributed by atoms with Crippen LogP contribution in [0.25, 0.3) is 0 Å². The van der Waals surface area contributed by atoms with E-state index >= 15 is 0 Å². The normalized spacial score (nSPS) is 16.4. The molecule has 1 aromatic heterocycles. The summed E-state index contributed by atoms with van der Waals surface area (Å²) in [5, 5.41) is 3.79. The van der Waals surface area contributed by atoms with E-state index < -0.39 is 21.8 Å². The third kappa shape index (κ3) is 6.39. The third-order valence-corrected chi connectivity index (χ3v) is 5.32. The van der Waals surface area contributed by atoms with Gasteiger partial charge in [-0.3, -0.25) is 4.79 Å². The summed E-state index contributed by atoms with van der Waals surface area (Å²) in [6.07, 6.45) is 6.97. The molecule has 0 saturated heterocycles. The number of benzene rings is 1. The molecule has 1 atom stereocenters. The van der Waals surface area contributed by atoms with Crippen LogP contribution in [0.4, 0.5) is 0 Å². The van der Waals surface area contributed by atoms with Gasteiger partial charge < -0.3 is 10.1 Å². The molecule has 1 amide bonds. The number of nitrogens with zero attached hydrogens (tertiary/aromatic N) is 2. The maximum Gasteiger partial charge on any atom is 0.258 e. The SMILES string of the molecule is C[C@@H](/C=C/S(C)(=O)=O)NC(=O)c1cnc(CC2(C)CC2)nc1Oc1ccccc1. The molecule has 8 heteroatoms. The molecule has 0 aliphatic heterocycles. The Bertz CT molecular complexity index is 1020. The lowest BCUT2D eigenvalue weighted by molar-refractivity contribution is 0.0943. The summed E-state index contributed by atoms with van der Waals surface area (Å²) in [5.41, 5.74) is 0.414. The number of para-hydroxylation sites is 1. The molecule has 1 saturated carbocycles. The zero-order chi connectivity index (χ0) is 21.1. The topological polar surface area (TPSA) is 98.2 Å². The largest absolute Gasteiger partial charge is 0.438 e. The lowest BCUT2D eigenvalue weighted by Gasteiger charge is -2.14. The zero-order valence-corrected chi connectivity index (χ0v) is 17.6. The second-order valence-corrected chi connectivity index (χ2v) is 9.76. The fraction of sp³-hybridized carbons (Fsp3) is 0.381. The summed E-state index contributed by atoms with van der Waals surface area (Å²) in [4.78, 5) is 21.6. The van der Waals surface area contributed by atoms with Crippen molar-refractivity contribution < 1.29 is 17.9 Å². The minimum Gasteiger partial charge on any atom is -0.438 e. The number of sulfone groups is 1. The first kappa shape index (κ1) is 21.0. The van der Waals surface area contributed by atoms with Crippen LogP contribution in [-0.2, 0) is 16.3 Å². The van der Waals surface area contributed by atoms with Crippen molar-refractivity contribution in [3.8, 4) is 11.6 Å². The Balaban J connectivity index is 1.83. The molecule has 1 N–H and O–H groups in total. The van der Waals surface area contributed by atoms with Gasteiger partial charge in [0.25, 0.3) is 5.91 Å². The van der Waals surface area contributed by atoms with Gasteiger partial charge in [0.15, 0.2) is 9.84 Å². The Morgan fingerprint density at radius 2 is 2.00 bits per heavy atom. The molecule has 154 valence electrons. The molecule has 3 rings (SSSR count). The average molecular weight is 416 g/mol. The lowest BCUT2D eigenvalue weighted by Crippen LogP contribution is -2.31. The van der Waals surface area contributed by atoms with Gasteiger partial charge in [-0.25, -0.2) is 13.4 Å². The van der Waals surface area contributed by atoms with E-state index in [1.165, 1.54) is 12.3 Å². The predicted octanol–water partition coefficient (Wildman–Crippen LogP) is 3.29. The molecule has 0 bridgehead atoms. The maximum absolute atomic E-state index is 12.7. The summed E-state index contributed by atoms with van der Waals surface area (Å²) in [5.74, 6) is 0.944. The van der Waals surface area contributed by atoms with Crippen LogP contribution in [0.2, 0.25) is 0 Å². The van der Waals surface area contributed by atoms with E-state index in [1.54, 1.807) is 19.1 Å². The summed E-state index contributed by atoms with van der Waals surface area (Å²) in [6.45, 7) is 3.87. The van der Waals surface area contributed by atoms with Crippen LogP contribution >= 0.6 is 0 Å². The highest BCUT2D eigenvalue weighted by Crippen LogP contribution is 2.47. The molecule has 2 aromatic rings. The van der Waals surface area contributed by atoms with Crippen molar-refractivity contribution >= 4 is 15.7 Å². The second kappa shape index (κ2) is 8.32. The summed E-state index contributed by atoms with van der Waals surface area (Å²) >= 11 is 0. The average Bonchev–Trinajstić information content (AvgIpc) is 3.37. The van der Waals surface area contributed by atoms with Crippen molar-refractivity contribution in [2.75, 3.05) is 6.26 Å². The maximum atomic E-state index is 12.7. The van der Waals surface area contributed by atoms with E-state index in [9.17, 15) is 13.2 Å². The molecule has 1 heterocycles. The van der Waals surface area contributed by atoms with E-state index in [2.05, 4.69) is 22.2 Å². The van der Waals surface area contributed by atoms with E-state index in [-0.39, 0.29) is 16.9 Å². The minimum atomic E-state index is -3.27. The van der Waals surface area contributed by atoms with Crippen molar-refractivity contribution in [1.29, 1.82) is 0 Å². The molecule has 0 spiro atoms. The standard InChI is InChI=1S/C21H25N3O4S/c1-15(9-12-29(3,26)27)23-19(25)17-14-22-18(13-21(2)10-11-21)24-20(17)28-16-7-5-4-6-8-16/h4-9,12,14-15H,10-11,13H2,1-3H3,(H,23,25)/b12-9+/t15-/m0/s1. The number of hydrogen-bond donors (Lipinski definition) is 1. The van der Waals surface area contributed by atoms with Gasteiger partial charge in [0.1, 0.15) is 17.1 Å². The third-order valence-electron chi connectivity index (χ3n) is 4.67. The van der Waals surface area contributed by atoms with Gasteiger partial charge in [0.05, 0.1) is 0 Å². The van der Waals surface area contributed by atoms with E-state index in [1.807, 2.05) is 18.2 Å². The Kier molecular flexibility index (Phi) is 6.02. The van der Waals surface area contributed by atoms with Crippen LogP contribution in [-0.4, -0.2) is 36.6 Å². The molecule has 0 radical (unpaired) electrons. The molecule has 1 aliphatic carbocycles. The zero-order valence-electron chi connectivity index (χ0n) is 16.8. The number of carbonyl (C=O) groups is 1. The number of nitrogens with one attached hydrogen (secondary N) is 1. The van der Waals surface area contributed by atoms with Gasteiger partial charge >= 0.3 is 0 Å². The van der Waals surface area contributed by atoms with Gasteiger partial charge in [-0.2, -0.15) is 4.98 Å². The van der Waals surface area contributed by atoms with Crippen molar-refractivity contribution in [3.63, 3.8) is 0 Å². The van der Waals surface area contributed by atoms with Crippen molar-refractivity contribution in [3.05, 3.63) is 59.4 Å².